The van der Waals surface area contributed by atoms with Crippen molar-refractivity contribution >= 4 is 35.7 Å². The third-order valence-corrected chi connectivity index (χ3v) is 4.89. The van der Waals surface area contributed by atoms with E-state index in [1.807, 2.05) is 6.07 Å². The number of ether oxygens (including phenoxy) is 3. The van der Waals surface area contributed by atoms with Crippen molar-refractivity contribution in [3.05, 3.63) is 70.7 Å². The highest BCUT2D eigenvalue weighted by Crippen LogP contribution is 2.16. The Balaban J connectivity index is 2.09. The van der Waals surface area contributed by atoms with E-state index < -0.39 is 43.3 Å². The van der Waals surface area contributed by atoms with E-state index in [4.69, 9.17) is 30.6 Å². The third-order valence-electron chi connectivity index (χ3n) is 4.53. The van der Waals surface area contributed by atoms with Crippen molar-refractivity contribution in [3.63, 3.8) is 0 Å². The minimum atomic E-state index is -1.44. The fourth-order valence-electron chi connectivity index (χ4n) is 2.73. The van der Waals surface area contributed by atoms with E-state index >= 15 is 0 Å². The number of hydroxylamine groups is 1. The van der Waals surface area contributed by atoms with Gasteiger partial charge in [0.05, 0.1) is 13.7 Å². The zero-order valence-electron chi connectivity index (χ0n) is 19.2. The first-order valence-corrected chi connectivity index (χ1v) is 10.8. The first-order chi connectivity index (χ1) is 16.8. The fourth-order valence-corrected chi connectivity index (χ4v) is 2.92. The van der Waals surface area contributed by atoms with Crippen molar-refractivity contribution in [2.45, 2.75) is 19.3 Å². The summed E-state index contributed by atoms with van der Waals surface area (Å²) in [6, 6.07) is 14.1. The highest BCUT2D eigenvalue weighted by molar-refractivity contribution is 6.31. The van der Waals surface area contributed by atoms with E-state index in [0.29, 0.717) is 15.5 Å². The molecule has 0 radical (unpaired) electrons. The number of methoxy groups -OCH3 is 1. The molecule has 0 spiro atoms. The topological polar surface area (TPSA) is 132 Å². The molecule has 0 heterocycles. The van der Waals surface area contributed by atoms with Gasteiger partial charge in [-0.05, 0) is 11.6 Å². The fraction of sp³-hybridized carbons (Fsp3) is 0.304. The van der Waals surface area contributed by atoms with Gasteiger partial charge in [-0.25, -0.2) is 24.8 Å². The zero-order valence-corrected chi connectivity index (χ0v) is 19.9. The molecule has 11 nitrogen and oxygen atoms in total. The van der Waals surface area contributed by atoms with Gasteiger partial charge >= 0.3 is 18.2 Å². The minimum absolute atomic E-state index is 0.0565. The Morgan fingerprint density at radius 2 is 1.66 bits per heavy atom. The van der Waals surface area contributed by atoms with Crippen LogP contribution in [0.5, 0.6) is 0 Å². The maximum absolute atomic E-state index is 12.7. The third kappa shape index (κ3) is 9.24. The highest BCUT2D eigenvalue weighted by Gasteiger charge is 2.32. The number of carbonyl (C=O) groups excluding carboxylic acids is 4. The maximum atomic E-state index is 12.7. The Hall–Kier alpha value is -3.67. The molecule has 12 heteroatoms. The number of halogens is 1. The van der Waals surface area contributed by atoms with Crippen molar-refractivity contribution in [1.29, 1.82) is 0 Å². The van der Waals surface area contributed by atoms with Crippen LogP contribution < -0.4 is 10.8 Å². The van der Waals surface area contributed by atoms with Crippen LogP contribution in [0.1, 0.15) is 11.1 Å². The second-order valence-corrected chi connectivity index (χ2v) is 7.33. The molecule has 0 aromatic heterocycles. The lowest BCUT2D eigenvalue weighted by Gasteiger charge is -2.25. The number of alkyl carbamates (subject to hydrolysis) is 1. The standard InChI is InChI=1S/C23H26ClN3O8/c1-25-35-15-20(28)27(23(31)34-14-17-10-6-7-11-18(17)24)12-19(21(29)32-2)26-22(30)33-13-16-8-4-3-5-9-16/h3-11,19,25H,12-15H2,1-2H3,(H,26,30). The molecule has 2 N–H and O–H groups in total. The Labute approximate surface area is 207 Å². The molecule has 0 aliphatic heterocycles. The number of esters is 1. The molecule has 0 bridgehead atoms. The predicted molar refractivity (Wildman–Crippen MR) is 124 cm³/mol. The van der Waals surface area contributed by atoms with E-state index in [9.17, 15) is 19.2 Å². The predicted octanol–water partition coefficient (Wildman–Crippen LogP) is 2.42. The number of amides is 3. The van der Waals surface area contributed by atoms with E-state index in [1.165, 1.54) is 7.05 Å². The van der Waals surface area contributed by atoms with Gasteiger partial charge in [-0.2, -0.15) is 0 Å². The monoisotopic (exact) mass is 507 g/mol. The molecule has 2 rings (SSSR count). The molecular weight excluding hydrogens is 482 g/mol. The maximum Gasteiger partial charge on any atom is 0.417 e. The van der Waals surface area contributed by atoms with Crippen molar-refractivity contribution < 1.29 is 38.2 Å². The zero-order chi connectivity index (χ0) is 25.6. The van der Waals surface area contributed by atoms with Gasteiger partial charge in [0.1, 0.15) is 25.9 Å². The van der Waals surface area contributed by atoms with Crippen LogP contribution in [0.3, 0.4) is 0 Å². The highest BCUT2D eigenvalue weighted by atomic mass is 35.5. The van der Waals surface area contributed by atoms with E-state index in [1.54, 1.807) is 48.5 Å². The summed E-state index contributed by atoms with van der Waals surface area (Å²) in [4.78, 5) is 55.4. The summed E-state index contributed by atoms with van der Waals surface area (Å²) in [6.45, 7) is -1.44. The molecule has 0 aliphatic rings. The second-order valence-electron chi connectivity index (χ2n) is 6.92. The Kier molecular flexibility index (Phi) is 11.5. The molecule has 3 amide bonds. The molecular formula is C23H26ClN3O8. The number of hydrogen-bond donors (Lipinski definition) is 2. The van der Waals surface area contributed by atoms with Crippen molar-refractivity contribution in [2.24, 2.45) is 0 Å². The van der Waals surface area contributed by atoms with Gasteiger partial charge in [-0.15, -0.1) is 0 Å². The van der Waals surface area contributed by atoms with Gasteiger partial charge in [0.2, 0.25) is 0 Å². The van der Waals surface area contributed by atoms with Crippen LogP contribution in [0.2, 0.25) is 5.02 Å². The Morgan fingerprint density at radius 1 is 0.971 bits per heavy atom. The van der Waals surface area contributed by atoms with Gasteiger partial charge < -0.3 is 19.5 Å². The van der Waals surface area contributed by atoms with Crippen LogP contribution >= 0.6 is 11.6 Å². The molecule has 0 fully saturated rings. The van der Waals surface area contributed by atoms with Gasteiger partial charge in [-0.3, -0.25) is 9.63 Å². The smallest absolute Gasteiger partial charge is 0.417 e. The summed E-state index contributed by atoms with van der Waals surface area (Å²) in [6.07, 6.45) is -2.03. The molecule has 0 saturated carbocycles. The molecule has 188 valence electrons. The molecule has 0 saturated heterocycles. The van der Waals surface area contributed by atoms with Crippen LogP contribution in [0.15, 0.2) is 54.6 Å². The van der Waals surface area contributed by atoms with Crippen molar-refractivity contribution in [2.75, 3.05) is 27.3 Å². The normalized spacial score (nSPS) is 11.2. The van der Waals surface area contributed by atoms with Crippen LogP contribution in [0, 0.1) is 0 Å². The average Bonchev–Trinajstić information content (AvgIpc) is 2.87. The summed E-state index contributed by atoms with van der Waals surface area (Å²) in [5, 5.41) is 2.67. The van der Waals surface area contributed by atoms with E-state index in [-0.39, 0.29) is 13.2 Å². The molecule has 1 atom stereocenters. The Morgan fingerprint density at radius 3 is 2.31 bits per heavy atom. The quantitative estimate of drug-likeness (QED) is 0.267. The number of imide groups is 1. The summed E-state index contributed by atoms with van der Waals surface area (Å²) < 4.78 is 15.0. The van der Waals surface area contributed by atoms with Gasteiger partial charge in [0.15, 0.2) is 0 Å². The van der Waals surface area contributed by atoms with Gasteiger partial charge in [0.25, 0.3) is 5.91 Å². The molecule has 2 aromatic rings. The van der Waals surface area contributed by atoms with E-state index in [2.05, 4.69) is 10.8 Å². The summed E-state index contributed by atoms with van der Waals surface area (Å²) in [5.74, 6) is -1.75. The first kappa shape index (κ1) is 27.6. The van der Waals surface area contributed by atoms with Gasteiger partial charge in [-0.1, -0.05) is 60.1 Å². The number of nitrogens with one attached hydrogen (secondary N) is 2. The molecule has 0 aliphatic carbocycles. The van der Waals surface area contributed by atoms with Crippen LogP contribution in [-0.2, 0) is 41.9 Å². The lowest BCUT2D eigenvalue weighted by Crippen LogP contribution is -2.53. The lowest BCUT2D eigenvalue weighted by molar-refractivity contribution is -0.145. The summed E-state index contributed by atoms with van der Waals surface area (Å²) in [7, 11) is 2.52. The molecule has 2 aromatic carbocycles. The van der Waals surface area contributed by atoms with Crippen molar-refractivity contribution in [3.8, 4) is 0 Å². The minimum Gasteiger partial charge on any atom is -0.467 e. The van der Waals surface area contributed by atoms with Crippen LogP contribution in [0.4, 0.5) is 9.59 Å². The SMILES string of the molecule is CNOCC(=O)N(CC(NC(=O)OCc1ccccc1)C(=O)OC)C(=O)OCc1ccccc1Cl. The largest absolute Gasteiger partial charge is 0.467 e. The molecule has 35 heavy (non-hydrogen) atoms. The summed E-state index contributed by atoms with van der Waals surface area (Å²) in [5.41, 5.74) is 3.54. The lowest BCUT2D eigenvalue weighted by atomic mass is 10.2. The summed E-state index contributed by atoms with van der Waals surface area (Å²) >= 11 is 6.07. The van der Waals surface area contributed by atoms with Crippen molar-refractivity contribution in [1.82, 2.24) is 15.7 Å². The number of carbonyl (C=O) groups is 4. The number of nitrogens with zero attached hydrogens (tertiary/aromatic N) is 1. The van der Waals surface area contributed by atoms with Crippen LogP contribution in [0.25, 0.3) is 0 Å². The second kappa shape index (κ2) is 14.6. The molecule has 1 unspecified atom stereocenters. The average molecular weight is 508 g/mol. The number of benzene rings is 2. The Bertz CT molecular complexity index is 1010. The van der Waals surface area contributed by atoms with E-state index in [0.717, 1.165) is 12.7 Å². The van der Waals surface area contributed by atoms with Gasteiger partial charge in [0, 0.05) is 17.6 Å². The number of rotatable bonds is 11. The van der Waals surface area contributed by atoms with Crippen LogP contribution in [-0.4, -0.2) is 62.3 Å². The number of hydrogen-bond acceptors (Lipinski definition) is 9. The first-order valence-electron chi connectivity index (χ1n) is 10.4.